The Morgan fingerprint density at radius 2 is 1.81 bits per heavy atom. The first-order valence-electron chi connectivity index (χ1n) is 8.82. The van der Waals surface area contributed by atoms with Gasteiger partial charge in [0.05, 0.1) is 11.4 Å². The minimum absolute atomic E-state index is 0.270. The Labute approximate surface area is 151 Å². The van der Waals surface area contributed by atoms with Crippen molar-refractivity contribution in [3.05, 3.63) is 60.5 Å². The van der Waals surface area contributed by atoms with E-state index in [1.165, 1.54) is 12.1 Å². The van der Waals surface area contributed by atoms with Crippen molar-refractivity contribution in [2.75, 3.05) is 31.1 Å². The molecule has 1 saturated heterocycles. The predicted octanol–water partition coefficient (Wildman–Crippen LogP) is 3.14. The highest BCUT2D eigenvalue weighted by molar-refractivity contribution is 5.65. The maximum atomic E-state index is 13.3. The molecule has 3 aromatic rings. The Morgan fingerprint density at radius 3 is 2.62 bits per heavy atom. The lowest BCUT2D eigenvalue weighted by Crippen LogP contribution is -2.28. The van der Waals surface area contributed by atoms with Crippen LogP contribution in [0.25, 0.3) is 22.8 Å². The summed E-state index contributed by atoms with van der Waals surface area (Å²) in [4.78, 5) is 16.1. The Kier molecular flexibility index (Phi) is 4.84. The Morgan fingerprint density at radius 1 is 0.923 bits per heavy atom. The summed E-state index contributed by atoms with van der Waals surface area (Å²) in [5.41, 5.74) is 2.36. The lowest BCUT2D eigenvalue weighted by molar-refractivity contribution is 0.628. The van der Waals surface area contributed by atoms with Crippen molar-refractivity contribution in [3.8, 4) is 22.8 Å². The van der Waals surface area contributed by atoms with Crippen LogP contribution in [0.1, 0.15) is 6.42 Å². The molecule has 3 heterocycles. The molecule has 2 aromatic heterocycles. The number of nitrogens with one attached hydrogen (secondary N) is 1. The van der Waals surface area contributed by atoms with E-state index in [1.807, 2.05) is 24.3 Å². The molecular formula is C20H20FN5. The van der Waals surface area contributed by atoms with Gasteiger partial charge in [-0.15, -0.1) is 0 Å². The minimum Gasteiger partial charge on any atom is -0.355 e. The van der Waals surface area contributed by atoms with Crippen molar-refractivity contribution < 1.29 is 4.39 Å². The van der Waals surface area contributed by atoms with Gasteiger partial charge in [-0.25, -0.2) is 14.4 Å². The van der Waals surface area contributed by atoms with Crippen LogP contribution in [0.4, 0.5) is 10.2 Å². The molecule has 0 spiro atoms. The maximum Gasteiger partial charge on any atom is 0.162 e. The summed E-state index contributed by atoms with van der Waals surface area (Å²) >= 11 is 0. The molecule has 26 heavy (non-hydrogen) atoms. The van der Waals surface area contributed by atoms with E-state index < -0.39 is 0 Å². The smallest absolute Gasteiger partial charge is 0.162 e. The van der Waals surface area contributed by atoms with Crippen LogP contribution in [0.5, 0.6) is 0 Å². The van der Waals surface area contributed by atoms with Crippen LogP contribution in [-0.4, -0.2) is 41.1 Å². The van der Waals surface area contributed by atoms with Gasteiger partial charge in [0, 0.05) is 37.5 Å². The molecule has 1 N–H and O–H groups in total. The maximum absolute atomic E-state index is 13.3. The van der Waals surface area contributed by atoms with Gasteiger partial charge in [0.2, 0.25) is 0 Å². The molecule has 0 amide bonds. The zero-order valence-electron chi connectivity index (χ0n) is 14.4. The van der Waals surface area contributed by atoms with Crippen molar-refractivity contribution >= 4 is 5.82 Å². The average Bonchev–Trinajstić information content (AvgIpc) is 2.98. The molecule has 132 valence electrons. The standard InChI is InChI=1S/C20H20FN5/c21-16-7-5-15(6-8-16)20-24-18(17-4-1-2-10-23-17)14-19(25-20)26-12-3-9-22-11-13-26/h1-2,4-8,10,14,22H,3,9,11-13H2. The number of hydrogen-bond acceptors (Lipinski definition) is 5. The van der Waals surface area contributed by atoms with E-state index in [0.717, 1.165) is 55.4 Å². The highest BCUT2D eigenvalue weighted by atomic mass is 19.1. The zero-order chi connectivity index (χ0) is 17.8. The average molecular weight is 349 g/mol. The van der Waals surface area contributed by atoms with E-state index in [4.69, 9.17) is 4.98 Å². The highest BCUT2D eigenvalue weighted by Crippen LogP contribution is 2.25. The van der Waals surface area contributed by atoms with Crippen molar-refractivity contribution in [3.63, 3.8) is 0 Å². The summed E-state index contributed by atoms with van der Waals surface area (Å²) in [5, 5.41) is 3.41. The van der Waals surface area contributed by atoms with E-state index in [0.29, 0.717) is 5.82 Å². The van der Waals surface area contributed by atoms with Gasteiger partial charge >= 0.3 is 0 Å². The molecule has 5 nitrogen and oxygen atoms in total. The molecule has 1 aliphatic rings. The van der Waals surface area contributed by atoms with Gasteiger partial charge in [-0.3, -0.25) is 4.98 Å². The molecule has 0 unspecified atom stereocenters. The zero-order valence-corrected chi connectivity index (χ0v) is 14.4. The molecule has 1 fully saturated rings. The quantitative estimate of drug-likeness (QED) is 0.787. The van der Waals surface area contributed by atoms with Crippen LogP contribution in [0.2, 0.25) is 0 Å². The summed E-state index contributed by atoms with van der Waals surface area (Å²) < 4.78 is 13.3. The summed E-state index contributed by atoms with van der Waals surface area (Å²) in [5.74, 6) is 1.19. The largest absolute Gasteiger partial charge is 0.355 e. The van der Waals surface area contributed by atoms with Crippen molar-refractivity contribution in [1.82, 2.24) is 20.3 Å². The number of pyridine rings is 1. The second-order valence-corrected chi connectivity index (χ2v) is 6.25. The third kappa shape index (κ3) is 3.70. The van der Waals surface area contributed by atoms with E-state index in [2.05, 4.69) is 20.2 Å². The lowest BCUT2D eigenvalue weighted by atomic mass is 10.2. The normalized spacial score (nSPS) is 14.9. The predicted molar refractivity (Wildman–Crippen MR) is 100 cm³/mol. The van der Waals surface area contributed by atoms with Gasteiger partial charge in [-0.2, -0.15) is 0 Å². The first-order valence-corrected chi connectivity index (χ1v) is 8.82. The third-order valence-corrected chi connectivity index (χ3v) is 4.41. The summed E-state index contributed by atoms with van der Waals surface area (Å²) in [6.45, 7) is 3.77. The van der Waals surface area contributed by atoms with E-state index in [1.54, 1.807) is 18.3 Å². The molecular weight excluding hydrogens is 329 g/mol. The molecule has 0 bridgehead atoms. The van der Waals surface area contributed by atoms with Gasteiger partial charge in [0.1, 0.15) is 11.6 Å². The van der Waals surface area contributed by atoms with Crippen LogP contribution >= 0.6 is 0 Å². The van der Waals surface area contributed by atoms with Crippen LogP contribution in [0, 0.1) is 5.82 Å². The number of nitrogens with zero attached hydrogens (tertiary/aromatic N) is 4. The first kappa shape index (κ1) is 16.6. The van der Waals surface area contributed by atoms with E-state index in [9.17, 15) is 4.39 Å². The Bertz CT molecular complexity index is 859. The molecule has 1 aromatic carbocycles. The van der Waals surface area contributed by atoms with Gasteiger partial charge in [-0.05, 0) is 49.4 Å². The summed E-state index contributed by atoms with van der Waals surface area (Å²) in [6.07, 6.45) is 2.82. The van der Waals surface area contributed by atoms with E-state index >= 15 is 0 Å². The van der Waals surface area contributed by atoms with Crippen LogP contribution in [0.3, 0.4) is 0 Å². The number of hydrogen-bond donors (Lipinski definition) is 1. The van der Waals surface area contributed by atoms with Crippen molar-refractivity contribution in [2.24, 2.45) is 0 Å². The second kappa shape index (κ2) is 7.58. The number of aromatic nitrogens is 3. The number of halogens is 1. The lowest BCUT2D eigenvalue weighted by Gasteiger charge is -2.22. The fourth-order valence-electron chi connectivity index (χ4n) is 3.04. The number of anilines is 1. The fourth-order valence-corrected chi connectivity index (χ4v) is 3.04. The van der Waals surface area contributed by atoms with Crippen molar-refractivity contribution in [1.29, 1.82) is 0 Å². The summed E-state index contributed by atoms with van der Waals surface area (Å²) in [6, 6.07) is 14.0. The number of rotatable bonds is 3. The SMILES string of the molecule is Fc1ccc(-c2nc(-c3ccccn3)cc(N3CCCNCC3)n2)cc1. The minimum atomic E-state index is -0.270. The monoisotopic (exact) mass is 349 g/mol. The summed E-state index contributed by atoms with van der Waals surface area (Å²) in [7, 11) is 0. The Balaban J connectivity index is 1.80. The second-order valence-electron chi connectivity index (χ2n) is 6.25. The van der Waals surface area contributed by atoms with Crippen LogP contribution in [0.15, 0.2) is 54.7 Å². The van der Waals surface area contributed by atoms with Gasteiger partial charge in [0.15, 0.2) is 5.82 Å². The van der Waals surface area contributed by atoms with Gasteiger partial charge < -0.3 is 10.2 Å². The highest BCUT2D eigenvalue weighted by Gasteiger charge is 2.15. The fraction of sp³-hybridized carbons (Fsp3) is 0.250. The molecule has 4 rings (SSSR count). The first-order chi connectivity index (χ1) is 12.8. The van der Waals surface area contributed by atoms with Gasteiger partial charge in [-0.1, -0.05) is 6.07 Å². The van der Waals surface area contributed by atoms with Crippen LogP contribution in [-0.2, 0) is 0 Å². The number of benzene rings is 1. The van der Waals surface area contributed by atoms with Crippen molar-refractivity contribution in [2.45, 2.75) is 6.42 Å². The van der Waals surface area contributed by atoms with Gasteiger partial charge in [0.25, 0.3) is 0 Å². The molecule has 1 aliphatic heterocycles. The molecule has 0 saturated carbocycles. The third-order valence-electron chi connectivity index (χ3n) is 4.41. The topological polar surface area (TPSA) is 53.9 Å². The molecule has 6 heteroatoms. The Hall–Kier alpha value is -2.86. The molecule has 0 atom stereocenters. The van der Waals surface area contributed by atoms with E-state index in [-0.39, 0.29) is 5.82 Å². The van der Waals surface area contributed by atoms with Crippen LogP contribution < -0.4 is 10.2 Å². The molecule has 0 radical (unpaired) electrons. The molecule has 0 aliphatic carbocycles.